The Morgan fingerprint density at radius 1 is 1.23 bits per heavy atom. The van der Waals surface area contributed by atoms with Gasteiger partial charge in [-0.2, -0.15) is 22.7 Å². The highest BCUT2D eigenvalue weighted by atomic mass is 35.5. The van der Waals surface area contributed by atoms with Gasteiger partial charge in [0.25, 0.3) is 5.56 Å². The molecule has 2 aliphatic heterocycles. The van der Waals surface area contributed by atoms with Crippen LogP contribution in [0.1, 0.15) is 42.7 Å². The van der Waals surface area contributed by atoms with Crippen molar-refractivity contribution in [3.8, 4) is 11.4 Å². The van der Waals surface area contributed by atoms with Crippen LogP contribution in [0, 0.1) is 0 Å². The summed E-state index contributed by atoms with van der Waals surface area (Å²) in [4.78, 5) is 35.8. The molecule has 10 nitrogen and oxygen atoms in total. The second kappa shape index (κ2) is 9.68. The van der Waals surface area contributed by atoms with Crippen molar-refractivity contribution in [2.45, 2.75) is 44.2 Å². The molecular formula is C26H23ClF3N7O3. The van der Waals surface area contributed by atoms with Crippen molar-refractivity contribution in [3.05, 3.63) is 74.9 Å². The highest BCUT2D eigenvalue weighted by Crippen LogP contribution is 2.47. The van der Waals surface area contributed by atoms with Gasteiger partial charge in [0.15, 0.2) is 5.82 Å². The van der Waals surface area contributed by atoms with Crippen LogP contribution in [0.15, 0.2) is 47.5 Å². The number of pyridine rings is 1. The summed E-state index contributed by atoms with van der Waals surface area (Å²) in [6, 6.07) is 6.10. The molecule has 0 unspecified atom stereocenters. The molecular weight excluding hydrogens is 551 g/mol. The molecule has 2 aliphatic rings. The topological polar surface area (TPSA) is 115 Å². The summed E-state index contributed by atoms with van der Waals surface area (Å²) in [6.07, 6.45) is -0.832. The third-order valence-electron chi connectivity index (χ3n) is 7.25. The van der Waals surface area contributed by atoms with Crippen LogP contribution in [0.25, 0.3) is 17.2 Å². The van der Waals surface area contributed by atoms with Crippen molar-refractivity contribution in [1.82, 2.24) is 29.5 Å². The lowest BCUT2D eigenvalue weighted by atomic mass is 9.86. The van der Waals surface area contributed by atoms with Gasteiger partial charge in [0.2, 0.25) is 11.7 Å². The summed E-state index contributed by atoms with van der Waals surface area (Å²) in [5.74, 6) is -0.178. The Balaban J connectivity index is 1.46. The van der Waals surface area contributed by atoms with Crippen molar-refractivity contribution in [3.63, 3.8) is 0 Å². The van der Waals surface area contributed by atoms with E-state index >= 15 is 0 Å². The number of hydrogen-bond donors (Lipinski definition) is 2. The van der Waals surface area contributed by atoms with Crippen LogP contribution in [0.4, 0.5) is 18.9 Å². The Labute approximate surface area is 230 Å². The maximum Gasteiger partial charge on any atom is 0.416 e. The quantitative estimate of drug-likeness (QED) is 0.380. The summed E-state index contributed by atoms with van der Waals surface area (Å²) in [5, 5.41) is 10.1. The van der Waals surface area contributed by atoms with Crippen molar-refractivity contribution < 1.29 is 22.7 Å². The maximum absolute atomic E-state index is 13.9. The molecule has 5 heterocycles. The fourth-order valence-corrected chi connectivity index (χ4v) is 5.71. The highest BCUT2D eigenvalue weighted by Gasteiger charge is 2.49. The normalized spacial score (nSPS) is 18.3. The second-order valence-electron chi connectivity index (χ2n) is 9.78. The van der Waals surface area contributed by atoms with E-state index in [9.17, 15) is 22.8 Å². The van der Waals surface area contributed by atoms with E-state index in [1.54, 1.807) is 29.1 Å². The predicted molar refractivity (Wildman–Crippen MR) is 139 cm³/mol. The van der Waals surface area contributed by atoms with Gasteiger partial charge >= 0.3 is 6.18 Å². The van der Waals surface area contributed by atoms with Gasteiger partial charge in [0, 0.05) is 18.0 Å². The number of carbonyl (C=O) groups is 1. The number of alkyl halides is 3. The SMILES string of the molecule is C[C@H]1OC2(CCNCC2)c2c1n(CC(=O)Nc1ccc(C(F)(F)F)cc1Cl)c1nc(-c3ccncc3)nn1c2=O. The molecule has 1 spiro atoms. The van der Waals surface area contributed by atoms with Crippen molar-refractivity contribution in [1.29, 1.82) is 0 Å². The van der Waals surface area contributed by atoms with E-state index in [1.165, 1.54) is 4.52 Å². The molecule has 6 rings (SSSR count). The molecule has 208 valence electrons. The van der Waals surface area contributed by atoms with Crippen molar-refractivity contribution in [2.24, 2.45) is 0 Å². The molecule has 4 aromatic rings. The Morgan fingerprint density at radius 2 is 1.95 bits per heavy atom. The number of halogens is 4. The van der Waals surface area contributed by atoms with Crippen LogP contribution in [0.3, 0.4) is 0 Å². The van der Waals surface area contributed by atoms with E-state index in [1.807, 2.05) is 6.92 Å². The number of carbonyl (C=O) groups excluding carboxylic acids is 1. The first-order valence-electron chi connectivity index (χ1n) is 12.6. The molecule has 0 saturated carbocycles. The number of rotatable bonds is 4. The van der Waals surface area contributed by atoms with E-state index in [-0.39, 0.29) is 34.4 Å². The first-order chi connectivity index (χ1) is 19.1. The van der Waals surface area contributed by atoms with E-state index in [0.29, 0.717) is 42.8 Å². The summed E-state index contributed by atoms with van der Waals surface area (Å²) in [5.41, 5.74) is -0.545. The molecule has 40 heavy (non-hydrogen) atoms. The highest BCUT2D eigenvalue weighted by molar-refractivity contribution is 6.33. The van der Waals surface area contributed by atoms with E-state index in [4.69, 9.17) is 16.3 Å². The maximum atomic E-state index is 13.9. The number of hydrogen-bond acceptors (Lipinski definition) is 7. The van der Waals surface area contributed by atoms with Crippen LogP contribution >= 0.6 is 11.6 Å². The Kier molecular flexibility index (Phi) is 6.39. The molecule has 14 heteroatoms. The zero-order chi connectivity index (χ0) is 28.2. The van der Waals surface area contributed by atoms with Gasteiger partial charge in [0.05, 0.1) is 33.6 Å². The molecule has 0 radical (unpaired) electrons. The number of amides is 1. The molecule has 1 aromatic carbocycles. The molecule has 0 bridgehead atoms. The predicted octanol–water partition coefficient (Wildman–Crippen LogP) is 3.93. The molecule has 3 aromatic heterocycles. The minimum Gasteiger partial charge on any atom is -0.361 e. The van der Waals surface area contributed by atoms with Gasteiger partial charge in [-0.3, -0.25) is 14.6 Å². The van der Waals surface area contributed by atoms with Crippen LogP contribution in [-0.4, -0.2) is 43.1 Å². The minimum absolute atomic E-state index is 0.0199. The lowest BCUT2D eigenvalue weighted by Crippen LogP contribution is -2.43. The number of nitrogens with one attached hydrogen (secondary N) is 2. The Morgan fingerprint density at radius 3 is 2.62 bits per heavy atom. The van der Waals surface area contributed by atoms with Crippen molar-refractivity contribution >= 4 is 29.0 Å². The molecule has 1 amide bonds. The van der Waals surface area contributed by atoms with Gasteiger partial charge in [-0.25, -0.2) is 0 Å². The smallest absolute Gasteiger partial charge is 0.361 e. The van der Waals surface area contributed by atoms with Crippen LogP contribution < -0.4 is 16.2 Å². The number of anilines is 1. The molecule has 0 aliphatic carbocycles. The van der Waals surface area contributed by atoms with E-state index < -0.39 is 29.4 Å². The number of fused-ring (bicyclic) bond motifs is 3. The Hall–Kier alpha value is -3.81. The summed E-state index contributed by atoms with van der Waals surface area (Å²) < 4.78 is 48.4. The third kappa shape index (κ3) is 4.43. The van der Waals surface area contributed by atoms with Gasteiger partial charge in [-0.15, -0.1) is 5.10 Å². The van der Waals surface area contributed by atoms with Gasteiger partial charge in [-0.05, 0) is 63.2 Å². The van der Waals surface area contributed by atoms with Crippen LogP contribution in [-0.2, 0) is 27.9 Å². The molecule has 1 atom stereocenters. The fraction of sp³-hybridized carbons (Fsp3) is 0.346. The number of aromatic nitrogens is 5. The van der Waals surface area contributed by atoms with E-state index in [2.05, 4.69) is 25.7 Å². The average molecular weight is 574 g/mol. The zero-order valence-electron chi connectivity index (χ0n) is 21.1. The van der Waals surface area contributed by atoms with Crippen LogP contribution in [0.2, 0.25) is 5.02 Å². The van der Waals surface area contributed by atoms with Gasteiger partial charge < -0.3 is 19.9 Å². The average Bonchev–Trinajstić information content (AvgIpc) is 3.48. The number of ether oxygens (including phenoxy) is 1. The third-order valence-corrected chi connectivity index (χ3v) is 7.56. The number of piperidine rings is 1. The molecule has 1 fully saturated rings. The van der Waals surface area contributed by atoms with E-state index in [0.717, 1.165) is 18.2 Å². The summed E-state index contributed by atoms with van der Waals surface area (Å²) in [7, 11) is 0. The minimum atomic E-state index is -4.57. The lowest BCUT2D eigenvalue weighted by molar-refractivity contribution is -0.137. The van der Waals surface area contributed by atoms with Crippen molar-refractivity contribution in [2.75, 3.05) is 18.4 Å². The first kappa shape index (κ1) is 26.4. The monoisotopic (exact) mass is 573 g/mol. The van der Waals surface area contributed by atoms with Gasteiger partial charge in [-0.1, -0.05) is 11.6 Å². The fourth-order valence-electron chi connectivity index (χ4n) is 5.48. The largest absolute Gasteiger partial charge is 0.416 e. The van der Waals surface area contributed by atoms with Gasteiger partial charge in [0.1, 0.15) is 12.1 Å². The second-order valence-corrected chi connectivity index (χ2v) is 10.2. The molecule has 2 N–H and O–H groups in total. The standard InChI is InChI=1S/C26H23ClF3N7O3/c1-14-21-20(25(40-14)6-10-32-11-7-25)23(39)37-24(34-22(35-37)15-4-8-31-9-5-15)36(21)13-19(38)33-18-3-2-16(12-17(18)27)26(28,29)30/h2-5,8-9,12,14,32H,6-7,10-11,13H2,1H3,(H,33,38)/t14-/m1/s1. The Bertz CT molecular complexity index is 1680. The lowest BCUT2D eigenvalue weighted by Gasteiger charge is -2.33. The number of nitrogens with zero attached hydrogens (tertiary/aromatic N) is 5. The first-order valence-corrected chi connectivity index (χ1v) is 12.9. The zero-order valence-corrected chi connectivity index (χ0v) is 21.9. The number of benzene rings is 1. The summed E-state index contributed by atoms with van der Waals surface area (Å²) in [6.45, 7) is 2.79. The summed E-state index contributed by atoms with van der Waals surface area (Å²) >= 11 is 6.06. The van der Waals surface area contributed by atoms with Crippen LogP contribution in [0.5, 0.6) is 0 Å². The molecule has 1 saturated heterocycles.